The van der Waals surface area contributed by atoms with Gasteiger partial charge in [0, 0.05) is 0 Å². The van der Waals surface area contributed by atoms with Gasteiger partial charge >= 0.3 is 0 Å². The van der Waals surface area contributed by atoms with Gasteiger partial charge in [0.25, 0.3) is 0 Å². The highest BCUT2D eigenvalue weighted by atomic mass is 16.1. The summed E-state index contributed by atoms with van der Waals surface area (Å²) in [6.07, 6.45) is 6.21. The van der Waals surface area contributed by atoms with E-state index in [-0.39, 0.29) is 18.5 Å². The van der Waals surface area contributed by atoms with E-state index in [1.807, 2.05) is 6.92 Å². The maximum absolute atomic E-state index is 10.3. The molecule has 0 amide bonds. The first-order valence-electron chi connectivity index (χ1n) is 6.01. The fraction of sp³-hybridized carbons (Fsp3) is 0.846. The Morgan fingerprint density at radius 3 is 2.29 bits per heavy atom. The fourth-order valence-electron chi connectivity index (χ4n) is 1.69. The summed E-state index contributed by atoms with van der Waals surface area (Å²) in [5, 5.41) is 0. The molecule has 0 N–H and O–H groups in total. The van der Waals surface area contributed by atoms with E-state index in [1.54, 1.807) is 6.08 Å². The van der Waals surface area contributed by atoms with E-state index < -0.39 is 0 Å². The third-order valence-corrected chi connectivity index (χ3v) is 2.80. The second-order valence-electron chi connectivity index (χ2n) is 5.65. The third-order valence-electron chi connectivity index (χ3n) is 2.80. The van der Waals surface area contributed by atoms with Crippen LogP contribution in [0, 0.1) is 11.3 Å². The van der Waals surface area contributed by atoms with Gasteiger partial charge in [0.15, 0.2) is 0 Å². The van der Waals surface area contributed by atoms with Gasteiger partial charge in [0.05, 0.1) is 12.6 Å². The standard InChI is InChI=1S/C13H22N2O2/c1-11(6-5-7-13(2,3)4)12(15-10-17)8-14-9-16/h11-12H,5-8H2,1-4H3. The quantitative estimate of drug-likeness (QED) is 0.506. The second-order valence-corrected chi connectivity index (χ2v) is 5.65. The van der Waals surface area contributed by atoms with Crippen LogP contribution in [0.5, 0.6) is 0 Å². The Hall–Kier alpha value is -1.24. The van der Waals surface area contributed by atoms with Gasteiger partial charge in [-0.3, -0.25) is 0 Å². The number of aliphatic imine (C=N–C) groups is 2. The number of hydrogen-bond donors (Lipinski definition) is 0. The van der Waals surface area contributed by atoms with Crippen molar-refractivity contribution in [3.8, 4) is 0 Å². The molecule has 0 radical (unpaired) electrons. The molecule has 0 aliphatic carbocycles. The molecule has 4 nitrogen and oxygen atoms in total. The Kier molecular flexibility index (Phi) is 7.36. The molecule has 2 atom stereocenters. The van der Waals surface area contributed by atoms with Gasteiger partial charge in [-0.2, -0.15) is 0 Å². The predicted octanol–water partition coefficient (Wildman–Crippen LogP) is 2.88. The molecule has 17 heavy (non-hydrogen) atoms. The summed E-state index contributed by atoms with van der Waals surface area (Å²) in [5.41, 5.74) is 0.324. The summed E-state index contributed by atoms with van der Waals surface area (Å²) >= 11 is 0. The number of nitrogens with zero attached hydrogens (tertiary/aromatic N) is 2. The van der Waals surface area contributed by atoms with Crippen molar-refractivity contribution in [1.82, 2.24) is 0 Å². The van der Waals surface area contributed by atoms with Crippen molar-refractivity contribution in [2.75, 3.05) is 6.54 Å². The fourth-order valence-corrected chi connectivity index (χ4v) is 1.69. The van der Waals surface area contributed by atoms with Crippen LogP contribution >= 0.6 is 0 Å². The summed E-state index contributed by atoms with van der Waals surface area (Å²) in [7, 11) is 0. The van der Waals surface area contributed by atoms with Crippen molar-refractivity contribution >= 4 is 12.2 Å². The van der Waals surface area contributed by atoms with E-state index in [0.29, 0.717) is 5.41 Å². The van der Waals surface area contributed by atoms with Crippen LogP contribution in [0.15, 0.2) is 9.98 Å². The van der Waals surface area contributed by atoms with Gasteiger partial charge in [0.2, 0.25) is 12.2 Å². The molecule has 0 aromatic heterocycles. The zero-order chi connectivity index (χ0) is 13.3. The van der Waals surface area contributed by atoms with E-state index in [4.69, 9.17) is 0 Å². The molecule has 0 aromatic rings. The van der Waals surface area contributed by atoms with Gasteiger partial charge in [-0.15, -0.1) is 0 Å². The van der Waals surface area contributed by atoms with E-state index in [1.165, 1.54) is 6.08 Å². The molecule has 0 saturated heterocycles. The van der Waals surface area contributed by atoms with Crippen LogP contribution < -0.4 is 0 Å². The van der Waals surface area contributed by atoms with Gasteiger partial charge in [-0.05, 0) is 24.2 Å². The molecule has 0 aromatic carbocycles. The lowest BCUT2D eigenvalue weighted by Gasteiger charge is -2.21. The number of carbonyl (C=O) groups excluding carboxylic acids is 2. The molecule has 0 saturated carbocycles. The summed E-state index contributed by atoms with van der Waals surface area (Å²) in [5.74, 6) is 0.232. The third kappa shape index (κ3) is 8.56. The molecule has 0 heterocycles. The molecule has 0 spiro atoms. The molecular weight excluding hydrogens is 216 g/mol. The summed E-state index contributed by atoms with van der Waals surface area (Å²) in [4.78, 5) is 27.5. The highest BCUT2D eigenvalue weighted by Crippen LogP contribution is 2.24. The molecule has 0 rings (SSSR count). The number of hydrogen-bond acceptors (Lipinski definition) is 4. The average Bonchev–Trinajstić information content (AvgIpc) is 2.22. The lowest BCUT2D eigenvalue weighted by molar-refractivity contribution is 0.329. The summed E-state index contributed by atoms with van der Waals surface area (Å²) in [6.45, 7) is 8.87. The molecule has 2 unspecified atom stereocenters. The highest BCUT2D eigenvalue weighted by Gasteiger charge is 2.17. The summed E-state index contributed by atoms with van der Waals surface area (Å²) < 4.78 is 0. The first-order chi connectivity index (χ1) is 7.90. The van der Waals surface area contributed by atoms with Crippen LogP contribution in [0.3, 0.4) is 0 Å². The Morgan fingerprint density at radius 2 is 1.82 bits per heavy atom. The van der Waals surface area contributed by atoms with E-state index >= 15 is 0 Å². The van der Waals surface area contributed by atoms with Crippen LogP contribution in [0.4, 0.5) is 0 Å². The molecule has 4 heteroatoms. The summed E-state index contributed by atoms with van der Waals surface area (Å²) in [6, 6.07) is -0.242. The van der Waals surface area contributed by atoms with Crippen molar-refractivity contribution in [2.24, 2.45) is 21.3 Å². The maximum atomic E-state index is 10.3. The molecule has 0 bridgehead atoms. The molecule has 0 aliphatic rings. The zero-order valence-corrected chi connectivity index (χ0v) is 11.2. The molecule has 0 fully saturated rings. The van der Waals surface area contributed by atoms with Crippen molar-refractivity contribution in [3.63, 3.8) is 0 Å². The van der Waals surface area contributed by atoms with Crippen molar-refractivity contribution in [2.45, 2.75) is 53.0 Å². The number of rotatable bonds is 7. The van der Waals surface area contributed by atoms with Gasteiger partial charge in [0.1, 0.15) is 0 Å². The lowest BCUT2D eigenvalue weighted by Crippen LogP contribution is -2.19. The minimum absolute atomic E-state index is 0.232. The first kappa shape index (κ1) is 15.8. The first-order valence-corrected chi connectivity index (χ1v) is 6.01. The smallest absolute Gasteiger partial charge is 0.211 e. The monoisotopic (exact) mass is 238 g/mol. The van der Waals surface area contributed by atoms with E-state index in [0.717, 1.165) is 19.3 Å². The molecular formula is C13H22N2O2. The Morgan fingerprint density at radius 1 is 1.18 bits per heavy atom. The highest BCUT2D eigenvalue weighted by molar-refractivity contribution is 5.35. The Bertz CT molecular complexity index is 308. The molecule has 0 aliphatic heterocycles. The predicted molar refractivity (Wildman–Crippen MR) is 67.4 cm³/mol. The van der Waals surface area contributed by atoms with Crippen LogP contribution in [0.2, 0.25) is 0 Å². The molecule has 96 valence electrons. The Balaban J connectivity index is 4.18. The van der Waals surface area contributed by atoms with Crippen molar-refractivity contribution in [1.29, 1.82) is 0 Å². The Labute approximate surface area is 103 Å². The minimum Gasteiger partial charge on any atom is -0.211 e. The van der Waals surface area contributed by atoms with Gasteiger partial charge in [-0.25, -0.2) is 19.6 Å². The van der Waals surface area contributed by atoms with Crippen molar-refractivity contribution < 1.29 is 9.59 Å². The maximum Gasteiger partial charge on any atom is 0.235 e. The van der Waals surface area contributed by atoms with Gasteiger partial charge in [-0.1, -0.05) is 34.1 Å². The average molecular weight is 238 g/mol. The van der Waals surface area contributed by atoms with Crippen molar-refractivity contribution in [3.05, 3.63) is 0 Å². The topological polar surface area (TPSA) is 58.9 Å². The van der Waals surface area contributed by atoms with Crippen LogP contribution in [0.25, 0.3) is 0 Å². The minimum atomic E-state index is -0.242. The normalized spacial score (nSPS) is 14.4. The van der Waals surface area contributed by atoms with E-state index in [9.17, 15) is 9.59 Å². The van der Waals surface area contributed by atoms with Crippen LogP contribution in [-0.4, -0.2) is 24.7 Å². The van der Waals surface area contributed by atoms with E-state index in [2.05, 4.69) is 30.8 Å². The largest absolute Gasteiger partial charge is 0.235 e. The lowest BCUT2D eigenvalue weighted by atomic mass is 9.87. The van der Waals surface area contributed by atoms with Crippen LogP contribution in [0.1, 0.15) is 47.0 Å². The van der Waals surface area contributed by atoms with Crippen LogP contribution in [-0.2, 0) is 9.59 Å². The zero-order valence-electron chi connectivity index (χ0n) is 11.2. The van der Waals surface area contributed by atoms with Gasteiger partial charge < -0.3 is 0 Å². The second kappa shape index (κ2) is 7.94. The SMILES string of the molecule is CC(CCCC(C)(C)C)C(CN=C=O)N=C=O. The number of isocyanates is 2.